The van der Waals surface area contributed by atoms with E-state index in [1.165, 1.54) is 35.2 Å². The van der Waals surface area contributed by atoms with Crippen LogP contribution in [-0.4, -0.2) is 24.7 Å². The van der Waals surface area contributed by atoms with Gasteiger partial charge in [0, 0.05) is 29.9 Å². The summed E-state index contributed by atoms with van der Waals surface area (Å²) in [6.45, 7) is 4.01. The Bertz CT molecular complexity index is 1100. The van der Waals surface area contributed by atoms with E-state index in [-0.39, 0.29) is 0 Å². The van der Waals surface area contributed by atoms with Crippen LogP contribution >= 0.6 is 0 Å². The number of anilines is 1. The molecule has 3 heteroatoms. The van der Waals surface area contributed by atoms with Crippen LogP contribution in [0.2, 0.25) is 0 Å². The molecule has 3 aromatic rings. The van der Waals surface area contributed by atoms with Crippen LogP contribution < -0.4 is 10.2 Å². The molecule has 0 saturated carbocycles. The van der Waals surface area contributed by atoms with E-state index in [9.17, 15) is 5.11 Å². The minimum Gasteiger partial charge on any atom is -0.508 e. The summed E-state index contributed by atoms with van der Waals surface area (Å²) >= 11 is 0. The first-order chi connectivity index (χ1) is 15.3. The molecule has 2 aliphatic rings. The highest BCUT2D eigenvalue weighted by molar-refractivity contribution is 5.57. The maximum atomic E-state index is 10.2. The Balaban J connectivity index is 1.39. The first kappa shape index (κ1) is 19.7. The predicted octanol–water partition coefficient (Wildman–Crippen LogP) is 4.82. The Labute approximate surface area is 184 Å². The Kier molecular flexibility index (Phi) is 5.65. The lowest BCUT2D eigenvalue weighted by Gasteiger charge is -2.32. The van der Waals surface area contributed by atoms with Crippen LogP contribution in [0.1, 0.15) is 46.6 Å². The largest absolute Gasteiger partial charge is 0.508 e. The van der Waals surface area contributed by atoms with Crippen molar-refractivity contribution in [2.45, 2.75) is 31.7 Å². The van der Waals surface area contributed by atoms with E-state index in [4.69, 9.17) is 0 Å². The summed E-state index contributed by atoms with van der Waals surface area (Å²) in [6, 6.07) is 22.9. The van der Waals surface area contributed by atoms with Gasteiger partial charge in [0.05, 0.1) is 0 Å². The Morgan fingerprint density at radius 2 is 1.68 bits per heavy atom. The molecule has 1 fully saturated rings. The van der Waals surface area contributed by atoms with Gasteiger partial charge in [-0.15, -0.1) is 0 Å². The van der Waals surface area contributed by atoms with Gasteiger partial charge in [-0.05, 0) is 91.4 Å². The summed E-state index contributed by atoms with van der Waals surface area (Å²) in [5, 5.41) is 13.7. The Hall–Kier alpha value is -3.22. The van der Waals surface area contributed by atoms with Gasteiger partial charge in [-0.2, -0.15) is 0 Å². The van der Waals surface area contributed by atoms with E-state index in [0.29, 0.717) is 11.7 Å². The van der Waals surface area contributed by atoms with Crippen LogP contribution in [0.4, 0.5) is 5.69 Å². The summed E-state index contributed by atoms with van der Waals surface area (Å²) < 4.78 is 0. The molecule has 31 heavy (non-hydrogen) atoms. The molecule has 1 saturated heterocycles. The van der Waals surface area contributed by atoms with Crippen LogP contribution in [0.5, 0.6) is 5.75 Å². The average Bonchev–Trinajstić information content (AvgIpc) is 2.83. The van der Waals surface area contributed by atoms with Gasteiger partial charge in [0.25, 0.3) is 0 Å². The summed E-state index contributed by atoms with van der Waals surface area (Å²) in [5.41, 5.74) is 7.07. The van der Waals surface area contributed by atoms with Gasteiger partial charge >= 0.3 is 0 Å². The molecule has 156 valence electrons. The lowest BCUT2D eigenvalue weighted by Crippen LogP contribution is -2.31. The van der Waals surface area contributed by atoms with Crippen molar-refractivity contribution in [2.24, 2.45) is 0 Å². The molecule has 0 aromatic heterocycles. The average molecular weight is 409 g/mol. The fourth-order valence-corrected chi connectivity index (χ4v) is 4.76. The molecule has 3 nitrogen and oxygen atoms in total. The molecule has 0 atom stereocenters. The van der Waals surface area contributed by atoms with Gasteiger partial charge < -0.3 is 15.3 Å². The van der Waals surface area contributed by atoms with Crippen LogP contribution in [0.15, 0.2) is 66.7 Å². The minimum atomic E-state index is 0.302. The number of piperidine rings is 1. The molecule has 2 N–H and O–H groups in total. The topological polar surface area (TPSA) is 35.5 Å². The molecule has 0 bridgehead atoms. The van der Waals surface area contributed by atoms with Crippen molar-refractivity contribution in [3.63, 3.8) is 0 Å². The first-order valence-electron chi connectivity index (χ1n) is 11.2. The maximum absolute atomic E-state index is 10.2. The van der Waals surface area contributed by atoms with Gasteiger partial charge in [-0.25, -0.2) is 0 Å². The molecular weight excluding hydrogens is 380 g/mol. The number of fused-ring (bicyclic) bond motifs is 1. The highest BCUT2D eigenvalue weighted by atomic mass is 16.3. The van der Waals surface area contributed by atoms with Crippen molar-refractivity contribution in [3.8, 4) is 17.6 Å². The molecule has 0 amide bonds. The van der Waals surface area contributed by atoms with Crippen LogP contribution in [0, 0.1) is 11.8 Å². The molecule has 0 unspecified atom stereocenters. The Morgan fingerprint density at radius 1 is 0.903 bits per heavy atom. The number of nitrogens with zero attached hydrogens (tertiary/aromatic N) is 1. The summed E-state index contributed by atoms with van der Waals surface area (Å²) in [5.74, 6) is 7.55. The van der Waals surface area contributed by atoms with Crippen molar-refractivity contribution in [2.75, 3.05) is 24.5 Å². The molecule has 3 aromatic carbocycles. The number of nitrogens with one attached hydrogen (secondary N) is 1. The molecule has 0 radical (unpaired) electrons. The smallest absolute Gasteiger partial charge is 0.117 e. The highest BCUT2D eigenvalue weighted by Gasteiger charge is 2.21. The van der Waals surface area contributed by atoms with E-state index in [2.05, 4.69) is 46.3 Å². The second kappa shape index (κ2) is 8.88. The lowest BCUT2D eigenvalue weighted by atomic mass is 9.90. The zero-order valence-corrected chi connectivity index (χ0v) is 17.8. The third kappa shape index (κ3) is 4.45. The molecule has 0 aliphatic carbocycles. The Morgan fingerprint density at radius 3 is 2.45 bits per heavy atom. The van der Waals surface area contributed by atoms with E-state index in [1.54, 1.807) is 6.07 Å². The van der Waals surface area contributed by atoms with Gasteiger partial charge in [-0.1, -0.05) is 42.2 Å². The highest BCUT2D eigenvalue weighted by Crippen LogP contribution is 2.31. The van der Waals surface area contributed by atoms with Crippen LogP contribution in [0.3, 0.4) is 0 Å². The van der Waals surface area contributed by atoms with Crippen molar-refractivity contribution in [3.05, 3.63) is 94.5 Å². The van der Waals surface area contributed by atoms with Gasteiger partial charge in [0.15, 0.2) is 0 Å². The quantitative estimate of drug-likeness (QED) is 0.597. The van der Waals surface area contributed by atoms with Gasteiger partial charge in [0.1, 0.15) is 5.75 Å². The number of aromatic hydroxyl groups is 1. The monoisotopic (exact) mass is 408 g/mol. The number of phenolic OH excluding ortho intramolecular Hbond substituents is 1. The third-order valence-corrected chi connectivity index (χ3v) is 6.51. The van der Waals surface area contributed by atoms with Crippen molar-refractivity contribution < 1.29 is 5.11 Å². The van der Waals surface area contributed by atoms with Crippen LogP contribution in [-0.2, 0) is 13.0 Å². The van der Waals surface area contributed by atoms with E-state index in [1.807, 2.05) is 36.4 Å². The zero-order valence-electron chi connectivity index (χ0n) is 17.8. The van der Waals surface area contributed by atoms with Crippen molar-refractivity contribution in [1.29, 1.82) is 0 Å². The third-order valence-electron chi connectivity index (χ3n) is 6.51. The SMILES string of the molecule is Oc1cc(C#Cc2ccccc2)c2c(c1)CCN(c1ccc(C3CCNCC3)cc1)C2. The van der Waals surface area contributed by atoms with Crippen molar-refractivity contribution in [1.82, 2.24) is 5.32 Å². The standard InChI is InChI=1S/C28H28N2O/c31-27-18-24(7-6-21-4-2-1-3-5-21)28-20-30(17-14-25(28)19-27)26-10-8-22(9-11-26)23-12-15-29-16-13-23/h1-5,8-11,18-19,23,29,31H,12-17,20H2. The molecular formula is C28H28N2O. The predicted molar refractivity (Wildman–Crippen MR) is 127 cm³/mol. The molecule has 2 heterocycles. The number of phenols is 1. The summed E-state index contributed by atoms with van der Waals surface area (Å²) in [6.07, 6.45) is 3.37. The molecule has 5 rings (SSSR count). The fraction of sp³-hybridized carbons (Fsp3) is 0.286. The first-order valence-corrected chi connectivity index (χ1v) is 11.2. The van der Waals surface area contributed by atoms with Crippen LogP contribution in [0.25, 0.3) is 0 Å². The summed E-state index contributed by atoms with van der Waals surface area (Å²) in [4.78, 5) is 2.43. The number of benzene rings is 3. The number of hydrogen-bond acceptors (Lipinski definition) is 3. The van der Waals surface area contributed by atoms with E-state index in [0.717, 1.165) is 43.7 Å². The lowest BCUT2D eigenvalue weighted by molar-refractivity contribution is 0.460. The second-order valence-electron chi connectivity index (χ2n) is 8.53. The molecule has 2 aliphatic heterocycles. The zero-order chi connectivity index (χ0) is 21.0. The second-order valence-corrected chi connectivity index (χ2v) is 8.53. The van der Waals surface area contributed by atoms with E-state index < -0.39 is 0 Å². The fourth-order valence-electron chi connectivity index (χ4n) is 4.76. The number of hydrogen-bond donors (Lipinski definition) is 2. The van der Waals surface area contributed by atoms with Crippen molar-refractivity contribution >= 4 is 5.69 Å². The number of rotatable bonds is 2. The van der Waals surface area contributed by atoms with E-state index >= 15 is 0 Å². The van der Waals surface area contributed by atoms with Gasteiger partial charge in [-0.3, -0.25) is 0 Å². The normalized spacial score (nSPS) is 16.3. The summed E-state index contributed by atoms with van der Waals surface area (Å²) in [7, 11) is 0. The molecule has 0 spiro atoms. The maximum Gasteiger partial charge on any atom is 0.117 e. The minimum absolute atomic E-state index is 0.302. The van der Waals surface area contributed by atoms with Gasteiger partial charge in [0.2, 0.25) is 0 Å².